The molecule has 2 rings (SSSR count). The van der Waals surface area contributed by atoms with E-state index in [-0.39, 0.29) is 0 Å². The van der Waals surface area contributed by atoms with Gasteiger partial charge >= 0.3 is 0 Å². The van der Waals surface area contributed by atoms with Gasteiger partial charge in [-0.05, 0) is 30.2 Å². The number of ether oxygens (including phenoxy) is 2. The van der Waals surface area contributed by atoms with Crippen molar-refractivity contribution in [3.63, 3.8) is 0 Å². The number of unbranched alkanes of at least 4 members (excludes halogenated alkanes) is 1. The Labute approximate surface area is 125 Å². The fourth-order valence-electron chi connectivity index (χ4n) is 1.89. The van der Waals surface area contributed by atoms with E-state index in [0.29, 0.717) is 30.3 Å². The average molecular weight is 284 g/mol. The lowest BCUT2D eigenvalue weighted by Gasteiger charge is -2.13. The molecule has 21 heavy (non-hydrogen) atoms. The van der Waals surface area contributed by atoms with E-state index in [1.54, 1.807) is 18.2 Å². The fraction of sp³-hybridized carbons (Fsp3) is 0.278. The molecule has 0 aliphatic rings. The van der Waals surface area contributed by atoms with Gasteiger partial charge in [-0.2, -0.15) is 0 Å². The Kier molecular flexibility index (Phi) is 5.83. The van der Waals surface area contributed by atoms with Crippen LogP contribution in [0, 0.1) is 0 Å². The maximum absolute atomic E-state index is 10.9. The second-order valence-corrected chi connectivity index (χ2v) is 4.80. The molecule has 0 saturated heterocycles. The molecule has 110 valence electrons. The molecule has 0 unspecified atom stereocenters. The third-order valence-corrected chi connectivity index (χ3v) is 3.10. The van der Waals surface area contributed by atoms with Crippen LogP contribution in [0.4, 0.5) is 0 Å². The summed E-state index contributed by atoms with van der Waals surface area (Å²) in [6, 6.07) is 15.2. The van der Waals surface area contributed by atoms with Crippen molar-refractivity contribution < 1.29 is 14.3 Å². The van der Waals surface area contributed by atoms with Crippen molar-refractivity contribution in [2.75, 3.05) is 6.61 Å². The second-order valence-electron chi connectivity index (χ2n) is 4.80. The van der Waals surface area contributed by atoms with Gasteiger partial charge < -0.3 is 9.47 Å². The lowest BCUT2D eigenvalue weighted by molar-refractivity contribution is 0.112. The molecule has 0 aliphatic heterocycles. The monoisotopic (exact) mass is 284 g/mol. The number of carbonyl (C=O) groups excluding carboxylic acids is 1. The molecule has 2 aromatic rings. The van der Waals surface area contributed by atoms with E-state index in [9.17, 15) is 4.79 Å². The van der Waals surface area contributed by atoms with E-state index < -0.39 is 0 Å². The summed E-state index contributed by atoms with van der Waals surface area (Å²) < 4.78 is 11.5. The average Bonchev–Trinajstić information content (AvgIpc) is 2.55. The Bertz CT molecular complexity index is 564. The van der Waals surface area contributed by atoms with Crippen LogP contribution in [0.1, 0.15) is 35.7 Å². The maximum atomic E-state index is 10.9. The summed E-state index contributed by atoms with van der Waals surface area (Å²) in [5.74, 6) is 1.30. The number of benzene rings is 2. The normalized spacial score (nSPS) is 10.1. The van der Waals surface area contributed by atoms with Crippen LogP contribution >= 0.6 is 0 Å². The van der Waals surface area contributed by atoms with E-state index in [2.05, 4.69) is 6.92 Å². The van der Waals surface area contributed by atoms with Gasteiger partial charge in [-0.25, -0.2) is 0 Å². The van der Waals surface area contributed by atoms with Crippen LogP contribution in [0.25, 0.3) is 0 Å². The highest BCUT2D eigenvalue weighted by Crippen LogP contribution is 2.29. The molecule has 0 N–H and O–H groups in total. The highest BCUT2D eigenvalue weighted by molar-refractivity contribution is 5.76. The summed E-state index contributed by atoms with van der Waals surface area (Å²) in [6.07, 6.45) is 2.88. The lowest BCUT2D eigenvalue weighted by Crippen LogP contribution is -2.02. The Morgan fingerprint density at radius 1 is 1.00 bits per heavy atom. The van der Waals surface area contributed by atoms with E-state index in [4.69, 9.17) is 9.47 Å². The largest absolute Gasteiger partial charge is 0.490 e. The Morgan fingerprint density at radius 3 is 2.52 bits per heavy atom. The molecule has 3 heteroatoms. The Balaban J connectivity index is 2.08. The minimum Gasteiger partial charge on any atom is -0.490 e. The molecule has 0 spiro atoms. The summed E-state index contributed by atoms with van der Waals surface area (Å²) in [6.45, 7) is 3.22. The molecule has 0 aliphatic carbocycles. The van der Waals surface area contributed by atoms with E-state index >= 15 is 0 Å². The number of aldehydes is 1. The first-order valence-electron chi connectivity index (χ1n) is 7.22. The predicted octanol–water partition coefficient (Wildman–Crippen LogP) is 4.26. The Hall–Kier alpha value is -2.29. The molecule has 3 nitrogen and oxygen atoms in total. The zero-order valence-electron chi connectivity index (χ0n) is 12.2. The minimum atomic E-state index is 0.452. The van der Waals surface area contributed by atoms with Crippen LogP contribution < -0.4 is 9.47 Å². The highest BCUT2D eigenvalue weighted by atomic mass is 16.5. The molecular weight excluding hydrogens is 264 g/mol. The molecule has 2 aromatic carbocycles. The number of hydrogen-bond acceptors (Lipinski definition) is 3. The zero-order valence-corrected chi connectivity index (χ0v) is 12.2. The standard InChI is InChI=1S/C18H20O3/c1-2-3-11-20-17-10-9-16(13-19)12-18(17)21-14-15-7-5-4-6-8-15/h4-10,12-13H,2-3,11,14H2,1H3. The Morgan fingerprint density at radius 2 is 1.81 bits per heavy atom. The molecule has 0 atom stereocenters. The van der Waals surface area contributed by atoms with Crippen LogP contribution in [0.5, 0.6) is 11.5 Å². The van der Waals surface area contributed by atoms with Crippen molar-refractivity contribution in [2.24, 2.45) is 0 Å². The highest BCUT2D eigenvalue weighted by Gasteiger charge is 2.07. The van der Waals surface area contributed by atoms with Crippen molar-refractivity contribution in [3.05, 3.63) is 59.7 Å². The minimum absolute atomic E-state index is 0.452. The first kappa shape index (κ1) is 15.1. The summed E-state index contributed by atoms with van der Waals surface area (Å²) in [5.41, 5.74) is 1.66. The van der Waals surface area contributed by atoms with Gasteiger partial charge in [-0.1, -0.05) is 43.7 Å². The van der Waals surface area contributed by atoms with Crippen molar-refractivity contribution in [3.8, 4) is 11.5 Å². The molecule has 0 radical (unpaired) electrons. The van der Waals surface area contributed by atoms with E-state index in [1.807, 2.05) is 30.3 Å². The van der Waals surface area contributed by atoms with Gasteiger partial charge in [0.1, 0.15) is 12.9 Å². The van der Waals surface area contributed by atoms with Gasteiger partial charge in [0, 0.05) is 5.56 Å². The first-order valence-corrected chi connectivity index (χ1v) is 7.22. The lowest BCUT2D eigenvalue weighted by atomic mass is 10.2. The third kappa shape index (κ3) is 4.63. The smallest absolute Gasteiger partial charge is 0.162 e. The van der Waals surface area contributed by atoms with Crippen molar-refractivity contribution >= 4 is 6.29 Å². The quantitative estimate of drug-likeness (QED) is 0.537. The topological polar surface area (TPSA) is 35.5 Å². The third-order valence-electron chi connectivity index (χ3n) is 3.10. The molecule has 0 fully saturated rings. The van der Waals surface area contributed by atoms with Crippen LogP contribution in [0.3, 0.4) is 0 Å². The predicted molar refractivity (Wildman–Crippen MR) is 83.0 cm³/mol. The van der Waals surface area contributed by atoms with Crippen LogP contribution in [0.2, 0.25) is 0 Å². The number of rotatable bonds is 8. The molecular formula is C18H20O3. The van der Waals surface area contributed by atoms with Gasteiger partial charge in [0.15, 0.2) is 11.5 Å². The molecule has 0 bridgehead atoms. The van der Waals surface area contributed by atoms with Gasteiger partial charge in [0.25, 0.3) is 0 Å². The van der Waals surface area contributed by atoms with Crippen LogP contribution in [-0.2, 0) is 6.61 Å². The second kappa shape index (κ2) is 8.10. The van der Waals surface area contributed by atoms with Gasteiger partial charge in [-0.15, -0.1) is 0 Å². The van der Waals surface area contributed by atoms with Crippen molar-refractivity contribution in [2.45, 2.75) is 26.4 Å². The van der Waals surface area contributed by atoms with Crippen LogP contribution in [0.15, 0.2) is 48.5 Å². The van der Waals surface area contributed by atoms with E-state index in [0.717, 1.165) is 24.7 Å². The fourth-order valence-corrected chi connectivity index (χ4v) is 1.89. The summed E-state index contributed by atoms with van der Waals surface area (Å²) in [5, 5.41) is 0. The number of hydrogen-bond donors (Lipinski definition) is 0. The van der Waals surface area contributed by atoms with Crippen molar-refractivity contribution in [1.29, 1.82) is 0 Å². The van der Waals surface area contributed by atoms with Crippen molar-refractivity contribution in [1.82, 2.24) is 0 Å². The van der Waals surface area contributed by atoms with Gasteiger partial charge in [-0.3, -0.25) is 4.79 Å². The van der Waals surface area contributed by atoms with Gasteiger partial charge in [0.2, 0.25) is 0 Å². The molecule has 0 amide bonds. The SMILES string of the molecule is CCCCOc1ccc(C=O)cc1OCc1ccccc1. The molecule has 0 saturated carbocycles. The zero-order chi connectivity index (χ0) is 14.9. The summed E-state index contributed by atoms with van der Waals surface area (Å²) >= 11 is 0. The van der Waals surface area contributed by atoms with Crippen LogP contribution in [-0.4, -0.2) is 12.9 Å². The molecule has 0 heterocycles. The summed E-state index contributed by atoms with van der Waals surface area (Å²) in [7, 11) is 0. The maximum Gasteiger partial charge on any atom is 0.162 e. The van der Waals surface area contributed by atoms with E-state index in [1.165, 1.54) is 0 Å². The molecule has 0 aromatic heterocycles. The summed E-state index contributed by atoms with van der Waals surface area (Å²) in [4.78, 5) is 10.9. The first-order chi connectivity index (χ1) is 10.3. The number of carbonyl (C=O) groups is 1. The van der Waals surface area contributed by atoms with Gasteiger partial charge in [0.05, 0.1) is 6.61 Å².